The molecule has 3 aromatic rings. The SMILES string of the molecule is COc1ccc(CN2CCN(Cc3sc(-c4ccccc4)cc3C)CC2)c(OC)c1OC. The van der Waals surface area contributed by atoms with Crippen molar-refractivity contribution in [1.82, 2.24) is 9.80 Å². The van der Waals surface area contributed by atoms with Crippen molar-refractivity contribution in [2.75, 3.05) is 47.5 Å². The Kier molecular flexibility index (Phi) is 7.35. The maximum Gasteiger partial charge on any atom is 0.203 e. The van der Waals surface area contributed by atoms with Gasteiger partial charge in [-0.25, -0.2) is 0 Å². The molecule has 0 amide bonds. The molecule has 1 fully saturated rings. The third kappa shape index (κ3) is 4.93. The number of methoxy groups -OCH3 is 3. The lowest BCUT2D eigenvalue weighted by Crippen LogP contribution is -2.45. The van der Waals surface area contributed by atoms with Crippen molar-refractivity contribution in [2.24, 2.45) is 0 Å². The Morgan fingerprint density at radius 2 is 1.44 bits per heavy atom. The topological polar surface area (TPSA) is 34.2 Å². The van der Waals surface area contributed by atoms with Gasteiger partial charge < -0.3 is 14.2 Å². The molecule has 2 heterocycles. The molecule has 1 aliphatic rings. The van der Waals surface area contributed by atoms with E-state index in [0.29, 0.717) is 11.5 Å². The van der Waals surface area contributed by atoms with E-state index in [2.05, 4.69) is 59.2 Å². The molecule has 1 saturated heterocycles. The number of ether oxygens (including phenoxy) is 3. The fraction of sp³-hybridized carbons (Fsp3) is 0.385. The Labute approximate surface area is 195 Å². The molecular formula is C26H32N2O3S. The summed E-state index contributed by atoms with van der Waals surface area (Å²) in [5.74, 6) is 2.12. The van der Waals surface area contributed by atoms with Crippen molar-refractivity contribution in [3.05, 3.63) is 64.5 Å². The van der Waals surface area contributed by atoms with E-state index < -0.39 is 0 Å². The Morgan fingerprint density at radius 3 is 2.06 bits per heavy atom. The largest absolute Gasteiger partial charge is 0.493 e. The van der Waals surface area contributed by atoms with Gasteiger partial charge in [-0.05, 0) is 30.2 Å². The standard InChI is InChI=1S/C26H32N2O3S/c1-19-16-23(20-8-6-5-7-9-20)32-24(19)18-28-14-12-27(13-15-28)17-21-10-11-22(29-2)26(31-4)25(21)30-3/h5-11,16H,12-15,17-18H2,1-4H3. The number of hydrogen-bond acceptors (Lipinski definition) is 6. The second kappa shape index (κ2) is 10.4. The van der Waals surface area contributed by atoms with Crippen LogP contribution in [0.15, 0.2) is 48.5 Å². The lowest BCUT2D eigenvalue weighted by molar-refractivity contribution is 0.121. The van der Waals surface area contributed by atoms with Crippen LogP contribution in [-0.2, 0) is 13.1 Å². The average molecular weight is 453 g/mol. The van der Waals surface area contributed by atoms with Crippen LogP contribution in [0.3, 0.4) is 0 Å². The van der Waals surface area contributed by atoms with E-state index in [0.717, 1.165) is 50.6 Å². The van der Waals surface area contributed by atoms with Crippen LogP contribution in [0.1, 0.15) is 16.0 Å². The summed E-state index contributed by atoms with van der Waals surface area (Å²) in [5.41, 5.74) is 3.83. The predicted molar refractivity (Wildman–Crippen MR) is 131 cm³/mol. The van der Waals surface area contributed by atoms with E-state index >= 15 is 0 Å². The summed E-state index contributed by atoms with van der Waals surface area (Å²) in [6.45, 7) is 8.30. The first-order chi connectivity index (χ1) is 15.6. The van der Waals surface area contributed by atoms with Crippen LogP contribution >= 0.6 is 11.3 Å². The molecule has 1 aliphatic heterocycles. The molecule has 0 spiro atoms. The normalized spacial score (nSPS) is 15.0. The molecule has 6 heteroatoms. The smallest absolute Gasteiger partial charge is 0.203 e. The van der Waals surface area contributed by atoms with Gasteiger partial charge in [-0.3, -0.25) is 9.80 Å². The van der Waals surface area contributed by atoms with Crippen molar-refractivity contribution in [2.45, 2.75) is 20.0 Å². The van der Waals surface area contributed by atoms with Gasteiger partial charge in [-0.1, -0.05) is 36.4 Å². The molecule has 1 aromatic heterocycles. The van der Waals surface area contributed by atoms with Gasteiger partial charge in [-0.2, -0.15) is 0 Å². The minimum absolute atomic E-state index is 0.661. The maximum atomic E-state index is 5.66. The first-order valence-electron chi connectivity index (χ1n) is 11.0. The lowest BCUT2D eigenvalue weighted by atomic mass is 10.1. The summed E-state index contributed by atoms with van der Waals surface area (Å²) in [6.07, 6.45) is 0. The molecule has 0 radical (unpaired) electrons. The van der Waals surface area contributed by atoms with Crippen molar-refractivity contribution < 1.29 is 14.2 Å². The predicted octanol–water partition coefficient (Wildman–Crippen LogP) is 5.07. The average Bonchev–Trinajstić information content (AvgIpc) is 3.20. The van der Waals surface area contributed by atoms with Crippen LogP contribution < -0.4 is 14.2 Å². The fourth-order valence-corrected chi connectivity index (χ4v) is 5.48. The molecule has 4 rings (SSSR count). The Hall–Kier alpha value is -2.54. The minimum atomic E-state index is 0.661. The molecule has 0 N–H and O–H groups in total. The maximum absolute atomic E-state index is 5.66. The van der Waals surface area contributed by atoms with Crippen molar-refractivity contribution in [3.8, 4) is 27.7 Å². The van der Waals surface area contributed by atoms with Gasteiger partial charge >= 0.3 is 0 Å². The van der Waals surface area contributed by atoms with Gasteiger partial charge in [0, 0.05) is 54.6 Å². The molecule has 0 aliphatic carbocycles. The number of rotatable bonds is 8. The summed E-state index contributed by atoms with van der Waals surface area (Å²) >= 11 is 1.92. The Morgan fingerprint density at radius 1 is 0.781 bits per heavy atom. The zero-order chi connectivity index (χ0) is 22.5. The van der Waals surface area contributed by atoms with Crippen LogP contribution in [-0.4, -0.2) is 57.3 Å². The van der Waals surface area contributed by atoms with Crippen LogP contribution in [0.5, 0.6) is 17.2 Å². The molecular weight excluding hydrogens is 420 g/mol. The Balaban J connectivity index is 1.37. The highest BCUT2D eigenvalue weighted by molar-refractivity contribution is 7.15. The zero-order valence-corrected chi connectivity index (χ0v) is 20.2. The highest BCUT2D eigenvalue weighted by atomic mass is 32.1. The van der Waals surface area contributed by atoms with Gasteiger partial charge in [0.05, 0.1) is 21.3 Å². The summed E-state index contributed by atoms with van der Waals surface area (Å²) < 4.78 is 16.6. The number of piperazine rings is 1. The van der Waals surface area contributed by atoms with Crippen LogP contribution in [0, 0.1) is 6.92 Å². The van der Waals surface area contributed by atoms with E-state index in [1.165, 1.54) is 20.9 Å². The van der Waals surface area contributed by atoms with Crippen LogP contribution in [0.4, 0.5) is 0 Å². The van der Waals surface area contributed by atoms with Gasteiger partial charge in [0.25, 0.3) is 0 Å². The van der Waals surface area contributed by atoms with E-state index in [1.807, 2.05) is 17.4 Å². The first-order valence-corrected chi connectivity index (χ1v) is 11.8. The van der Waals surface area contributed by atoms with Gasteiger partial charge in [0.1, 0.15) is 0 Å². The molecule has 0 unspecified atom stereocenters. The van der Waals surface area contributed by atoms with E-state index in [-0.39, 0.29) is 0 Å². The highest BCUT2D eigenvalue weighted by Crippen LogP contribution is 2.40. The monoisotopic (exact) mass is 452 g/mol. The molecule has 0 saturated carbocycles. The number of aryl methyl sites for hydroxylation is 1. The van der Waals surface area contributed by atoms with Crippen molar-refractivity contribution in [3.63, 3.8) is 0 Å². The molecule has 2 aromatic carbocycles. The highest BCUT2D eigenvalue weighted by Gasteiger charge is 2.22. The summed E-state index contributed by atoms with van der Waals surface area (Å²) in [6, 6.07) is 17.0. The fourth-order valence-electron chi connectivity index (χ4n) is 4.26. The van der Waals surface area contributed by atoms with Gasteiger partial charge in [0.2, 0.25) is 5.75 Å². The molecule has 170 valence electrons. The second-order valence-corrected chi connectivity index (χ2v) is 9.27. The molecule has 5 nitrogen and oxygen atoms in total. The van der Waals surface area contributed by atoms with E-state index in [1.54, 1.807) is 21.3 Å². The quantitative estimate of drug-likeness (QED) is 0.477. The van der Waals surface area contributed by atoms with Gasteiger partial charge in [0.15, 0.2) is 11.5 Å². The second-order valence-electron chi connectivity index (χ2n) is 8.13. The van der Waals surface area contributed by atoms with Gasteiger partial charge in [-0.15, -0.1) is 11.3 Å². The third-order valence-corrected chi connectivity index (χ3v) is 7.36. The number of nitrogens with zero attached hydrogens (tertiary/aromatic N) is 2. The minimum Gasteiger partial charge on any atom is -0.493 e. The summed E-state index contributed by atoms with van der Waals surface area (Å²) in [7, 11) is 4.98. The first kappa shape index (κ1) is 22.6. The number of hydrogen-bond donors (Lipinski definition) is 0. The lowest BCUT2D eigenvalue weighted by Gasteiger charge is -2.35. The van der Waals surface area contributed by atoms with E-state index in [4.69, 9.17) is 14.2 Å². The third-order valence-electron chi connectivity index (χ3n) is 6.09. The van der Waals surface area contributed by atoms with Crippen LogP contribution in [0.2, 0.25) is 0 Å². The number of benzene rings is 2. The number of thiophene rings is 1. The summed E-state index contributed by atoms with van der Waals surface area (Å²) in [4.78, 5) is 7.88. The van der Waals surface area contributed by atoms with Crippen LogP contribution in [0.25, 0.3) is 10.4 Å². The molecule has 0 atom stereocenters. The summed E-state index contributed by atoms with van der Waals surface area (Å²) in [5, 5.41) is 0. The van der Waals surface area contributed by atoms with E-state index in [9.17, 15) is 0 Å². The molecule has 32 heavy (non-hydrogen) atoms. The molecule has 0 bridgehead atoms. The Bertz CT molecular complexity index is 1030. The zero-order valence-electron chi connectivity index (χ0n) is 19.4. The van der Waals surface area contributed by atoms with Crippen molar-refractivity contribution >= 4 is 11.3 Å². The van der Waals surface area contributed by atoms with Crippen molar-refractivity contribution in [1.29, 1.82) is 0 Å².